The zero-order valence-electron chi connectivity index (χ0n) is 9.04. The lowest BCUT2D eigenvalue weighted by Crippen LogP contribution is -2.16. The van der Waals surface area contributed by atoms with E-state index in [-0.39, 0.29) is 12.2 Å². The summed E-state index contributed by atoms with van der Waals surface area (Å²) in [6.45, 7) is 1.46. The van der Waals surface area contributed by atoms with Crippen LogP contribution in [-0.2, 0) is 14.3 Å². The first-order valence-electron chi connectivity index (χ1n) is 4.81. The van der Waals surface area contributed by atoms with Crippen LogP contribution in [0.5, 0.6) is 0 Å². The van der Waals surface area contributed by atoms with Gasteiger partial charge in [0.15, 0.2) is 6.61 Å². The Labute approximate surface area is 108 Å². The molecular formula is C11H10Cl2O4. The quantitative estimate of drug-likeness (QED) is 0.794. The Bertz CT molecular complexity index is 411. The molecule has 0 atom stereocenters. The summed E-state index contributed by atoms with van der Waals surface area (Å²) >= 11 is 11.4. The third-order valence-electron chi connectivity index (χ3n) is 1.72. The van der Waals surface area contributed by atoms with Crippen molar-refractivity contribution < 1.29 is 19.1 Å². The maximum atomic E-state index is 11.5. The fourth-order valence-electron chi connectivity index (χ4n) is 1.08. The van der Waals surface area contributed by atoms with Gasteiger partial charge in [-0.1, -0.05) is 23.2 Å². The van der Waals surface area contributed by atoms with Gasteiger partial charge in [-0.05, 0) is 25.1 Å². The van der Waals surface area contributed by atoms with Crippen LogP contribution in [0.4, 0.5) is 0 Å². The van der Waals surface area contributed by atoms with Crippen molar-refractivity contribution in [3.63, 3.8) is 0 Å². The van der Waals surface area contributed by atoms with Gasteiger partial charge in [0.25, 0.3) is 0 Å². The molecule has 0 fully saturated rings. The molecule has 4 nitrogen and oxygen atoms in total. The molecule has 0 aliphatic rings. The van der Waals surface area contributed by atoms with Crippen LogP contribution in [0, 0.1) is 0 Å². The molecule has 0 amide bonds. The largest absolute Gasteiger partial charge is 0.463 e. The van der Waals surface area contributed by atoms with Crippen LogP contribution in [0.2, 0.25) is 10.0 Å². The summed E-state index contributed by atoms with van der Waals surface area (Å²) in [7, 11) is 0. The van der Waals surface area contributed by atoms with E-state index in [4.69, 9.17) is 27.9 Å². The van der Waals surface area contributed by atoms with Crippen molar-refractivity contribution in [2.75, 3.05) is 13.2 Å². The highest BCUT2D eigenvalue weighted by Crippen LogP contribution is 2.19. The highest BCUT2D eigenvalue weighted by atomic mass is 35.5. The van der Waals surface area contributed by atoms with Gasteiger partial charge in [0.2, 0.25) is 0 Å². The molecule has 0 radical (unpaired) electrons. The average Bonchev–Trinajstić information content (AvgIpc) is 2.25. The van der Waals surface area contributed by atoms with Crippen LogP contribution in [-0.4, -0.2) is 25.2 Å². The average molecular weight is 277 g/mol. The lowest BCUT2D eigenvalue weighted by molar-refractivity contribution is -0.146. The second-order valence-corrected chi connectivity index (χ2v) is 3.91. The fraction of sp³-hybridized carbons (Fsp3) is 0.273. The summed E-state index contributed by atoms with van der Waals surface area (Å²) < 4.78 is 9.33. The predicted octanol–water partition coefficient (Wildman–Crippen LogP) is 2.71. The Balaban J connectivity index is 2.61. The van der Waals surface area contributed by atoms with Crippen molar-refractivity contribution >= 4 is 35.1 Å². The minimum Gasteiger partial charge on any atom is -0.463 e. The SMILES string of the molecule is CCOC(=O)COC(=O)c1cc(Cl)cc(Cl)c1. The van der Waals surface area contributed by atoms with Crippen LogP contribution in [0.3, 0.4) is 0 Å². The monoisotopic (exact) mass is 276 g/mol. The maximum Gasteiger partial charge on any atom is 0.344 e. The van der Waals surface area contributed by atoms with Crippen LogP contribution in [0.1, 0.15) is 17.3 Å². The molecule has 0 bridgehead atoms. The van der Waals surface area contributed by atoms with Gasteiger partial charge in [-0.2, -0.15) is 0 Å². The Hall–Kier alpha value is -1.26. The lowest BCUT2D eigenvalue weighted by Gasteiger charge is -2.05. The standard InChI is InChI=1S/C11H10Cl2O4/c1-2-16-10(14)6-17-11(15)7-3-8(12)5-9(13)4-7/h3-5H,2,6H2,1H3. The number of rotatable bonds is 4. The molecule has 0 heterocycles. The molecule has 6 heteroatoms. The number of esters is 2. The van der Waals surface area contributed by atoms with E-state index >= 15 is 0 Å². The van der Waals surface area contributed by atoms with Crippen molar-refractivity contribution in [2.24, 2.45) is 0 Å². The van der Waals surface area contributed by atoms with Crippen molar-refractivity contribution in [1.82, 2.24) is 0 Å². The van der Waals surface area contributed by atoms with Crippen molar-refractivity contribution in [3.8, 4) is 0 Å². The minimum atomic E-state index is -0.678. The number of carbonyl (C=O) groups is 2. The fourth-order valence-corrected chi connectivity index (χ4v) is 1.61. The molecule has 0 saturated carbocycles. The molecule has 0 saturated heterocycles. The first-order chi connectivity index (χ1) is 8.02. The van der Waals surface area contributed by atoms with Gasteiger partial charge in [0.05, 0.1) is 12.2 Å². The maximum absolute atomic E-state index is 11.5. The second kappa shape index (κ2) is 6.47. The molecule has 92 valence electrons. The summed E-state index contributed by atoms with van der Waals surface area (Å²) in [5.41, 5.74) is 0.187. The Kier molecular flexibility index (Phi) is 5.25. The molecule has 1 rings (SSSR count). The van der Waals surface area contributed by atoms with Gasteiger partial charge in [0, 0.05) is 10.0 Å². The number of halogens is 2. The summed E-state index contributed by atoms with van der Waals surface area (Å²) in [6, 6.07) is 4.30. The number of hydrogen-bond donors (Lipinski definition) is 0. The molecule has 1 aromatic rings. The van der Waals surface area contributed by atoms with E-state index in [1.807, 2.05) is 0 Å². The van der Waals surface area contributed by atoms with Gasteiger partial charge in [-0.15, -0.1) is 0 Å². The van der Waals surface area contributed by atoms with Gasteiger partial charge in [-0.25, -0.2) is 9.59 Å². The van der Waals surface area contributed by atoms with E-state index in [2.05, 4.69) is 4.74 Å². The molecule has 0 aliphatic carbocycles. The molecule has 1 aromatic carbocycles. The summed E-state index contributed by atoms with van der Waals surface area (Å²) in [6.07, 6.45) is 0. The first-order valence-corrected chi connectivity index (χ1v) is 5.57. The third-order valence-corrected chi connectivity index (χ3v) is 2.16. The topological polar surface area (TPSA) is 52.6 Å². The zero-order chi connectivity index (χ0) is 12.8. The highest BCUT2D eigenvalue weighted by molar-refractivity contribution is 6.35. The van der Waals surface area contributed by atoms with E-state index < -0.39 is 18.5 Å². The van der Waals surface area contributed by atoms with E-state index in [9.17, 15) is 9.59 Å². The van der Waals surface area contributed by atoms with Gasteiger partial charge in [-0.3, -0.25) is 0 Å². The van der Waals surface area contributed by atoms with Gasteiger partial charge in [0.1, 0.15) is 0 Å². The Morgan fingerprint density at radius 1 is 1.12 bits per heavy atom. The molecule has 0 N–H and O–H groups in total. The van der Waals surface area contributed by atoms with Crippen molar-refractivity contribution in [1.29, 1.82) is 0 Å². The van der Waals surface area contributed by atoms with Crippen molar-refractivity contribution in [3.05, 3.63) is 33.8 Å². The smallest absolute Gasteiger partial charge is 0.344 e. The molecule has 0 aromatic heterocycles. The summed E-state index contributed by atoms with van der Waals surface area (Å²) in [4.78, 5) is 22.5. The number of ether oxygens (including phenoxy) is 2. The summed E-state index contributed by atoms with van der Waals surface area (Å²) in [5, 5.41) is 0.640. The van der Waals surface area contributed by atoms with E-state index in [0.29, 0.717) is 10.0 Å². The first kappa shape index (κ1) is 13.8. The van der Waals surface area contributed by atoms with E-state index in [1.165, 1.54) is 18.2 Å². The number of hydrogen-bond acceptors (Lipinski definition) is 4. The molecule has 0 unspecified atom stereocenters. The predicted molar refractivity (Wildman–Crippen MR) is 63.4 cm³/mol. The molecule has 17 heavy (non-hydrogen) atoms. The molecule has 0 spiro atoms. The van der Waals surface area contributed by atoms with Crippen LogP contribution < -0.4 is 0 Å². The normalized spacial score (nSPS) is 9.82. The lowest BCUT2D eigenvalue weighted by atomic mass is 10.2. The third kappa shape index (κ3) is 4.63. The molecular weight excluding hydrogens is 267 g/mol. The minimum absolute atomic E-state index is 0.187. The summed E-state index contributed by atoms with van der Waals surface area (Å²) in [5.74, 6) is -1.28. The Morgan fingerprint density at radius 3 is 2.24 bits per heavy atom. The van der Waals surface area contributed by atoms with Crippen LogP contribution in [0.25, 0.3) is 0 Å². The number of carbonyl (C=O) groups excluding carboxylic acids is 2. The van der Waals surface area contributed by atoms with Crippen molar-refractivity contribution in [2.45, 2.75) is 6.92 Å². The van der Waals surface area contributed by atoms with E-state index in [0.717, 1.165) is 0 Å². The van der Waals surface area contributed by atoms with Gasteiger partial charge >= 0.3 is 11.9 Å². The zero-order valence-corrected chi connectivity index (χ0v) is 10.5. The highest BCUT2D eigenvalue weighted by Gasteiger charge is 2.12. The van der Waals surface area contributed by atoms with E-state index in [1.54, 1.807) is 6.92 Å². The van der Waals surface area contributed by atoms with Crippen LogP contribution in [0.15, 0.2) is 18.2 Å². The van der Waals surface area contributed by atoms with Crippen LogP contribution >= 0.6 is 23.2 Å². The number of benzene rings is 1. The van der Waals surface area contributed by atoms with Gasteiger partial charge < -0.3 is 9.47 Å². The Morgan fingerprint density at radius 2 is 1.71 bits per heavy atom. The second-order valence-electron chi connectivity index (χ2n) is 3.04. The molecule has 0 aliphatic heterocycles.